The number of carbonyl (C=O) groups excluding carboxylic acids is 2. The summed E-state index contributed by atoms with van der Waals surface area (Å²) in [5.41, 5.74) is 0. The molecule has 0 aliphatic carbocycles. The summed E-state index contributed by atoms with van der Waals surface area (Å²) in [6.07, 6.45) is 1.32. The van der Waals surface area contributed by atoms with Gasteiger partial charge in [0.05, 0.1) is 4.87 Å². The number of nitrogens with zero attached hydrogens (tertiary/aromatic N) is 1. The van der Waals surface area contributed by atoms with Crippen molar-refractivity contribution in [3.8, 4) is 0 Å². The van der Waals surface area contributed by atoms with E-state index < -0.39 is 12.0 Å². The molecule has 2 aliphatic heterocycles. The van der Waals surface area contributed by atoms with Crippen molar-refractivity contribution < 1.29 is 19.5 Å². The molecule has 0 spiro atoms. The number of carboxylic acid groups (broad SMARTS) is 1. The fourth-order valence-electron chi connectivity index (χ4n) is 2.78. The fourth-order valence-corrected chi connectivity index (χ4v) is 4.21. The number of carboxylic acids is 1. The Morgan fingerprint density at radius 2 is 2.30 bits per heavy atom. The molecule has 0 aromatic rings. The lowest BCUT2D eigenvalue weighted by Gasteiger charge is -2.30. The van der Waals surface area contributed by atoms with Gasteiger partial charge in [-0.25, -0.2) is 0 Å². The SMILES string of the molecule is CC(CNC(=O)C1CSC2(C)CCC(=O)N12)CC(=O)O. The number of aliphatic carboxylic acids is 1. The molecule has 2 amide bonds. The van der Waals surface area contributed by atoms with E-state index in [9.17, 15) is 14.4 Å². The lowest BCUT2D eigenvalue weighted by atomic mass is 10.1. The molecular formula is C13H20N2O4S. The van der Waals surface area contributed by atoms with E-state index in [1.54, 1.807) is 23.6 Å². The Hall–Kier alpha value is -1.24. The van der Waals surface area contributed by atoms with Gasteiger partial charge < -0.3 is 15.3 Å². The molecule has 7 heteroatoms. The smallest absolute Gasteiger partial charge is 0.303 e. The van der Waals surface area contributed by atoms with Gasteiger partial charge in [-0.05, 0) is 19.3 Å². The molecule has 2 saturated heterocycles. The lowest BCUT2D eigenvalue weighted by molar-refractivity contribution is -0.138. The van der Waals surface area contributed by atoms with Crippen LogP contribution in [0.3, 0.4) is 0 Å². The van der Waals surface area contributed by atoms with Crippen molar-refractivity contribution >= 4 is 29.5 Å². The van der Waals surface area contributed by atoms with E-state index in [1.165, 1.54) is 0 Å². The molecular weight excluding hydrogens is 280 g/mol. The molecule has 2 fully saturated rings. The van der Waals surface area contributed by atoms with Crippen LogP contribution >= 0.6 is 11.8 Å². The van der Waals surface area contributed by atoms with Gasteiger partial charge in [-0.2, -0.15) is 0 Å². The van der Waals surface area contributed by atoms with Crippen LogP contribution in [-0.2, 0) is 14.4 Å². The predicted octanol–water partition coefficient (Wildman–Crippen LogP) is 0.667. The van der Waals surface area contributed by atoms with Crippen LogP contribution in [0.4, 0.5) is 0 Å². The second kappa shape index (κ2) is 5.63. The summed E-state index contributed by atoms with van der Waals surface area (Å²) in [5.74, 6) is -0.511. The Balaban J connectivity index is 1.90. The maximum absolute atomic E-state index is 12.2. The average molecular weight is 300 g/mol. The minimum atomic E-state index is -0.870. The average Bonchev–Trinajstić information content (AvgIpc) is 2.83. The molecule has 2 heterocycles. The van der Waals surface area contributed by atoms with E-state index in [1.807, 2.05) is 6.92 Å². The Morgan fingerprint density at radius 3 is 2.95 bits per heavy atom. The highest BCUT2D eigenvalue weighted by Crippen LogP contribution is 2.47. The van der Waals surface area contributed by atoms with Gasteiger partial charge in [-0.1, -0.05) is 6.92 Å². The number of hydrogen-bond acceptors (Lipinski definition) is 4. The second-order valence-electron chi connectivity index (χ2n) is 5.71. The highest BCUT2D eigenvalue weighted by atomic mass is 32.2. The molecule has 0 aromatic carbocycles. The summed E-state index contributed by atoms with van der Waals surface area (Å²) in [6, 6.07) is -0.419. The van der Waals surface area contributed by atoms with Crippen molar-refractivity contribution in [3.05, 3.63) is 0 Å². The van der Waals surface area contributed by atoms with E-state index in [-0.39, 0.29) is 29.0 Å². The zero-order chi connectivity index (χ0) is 14.9. The third kappa shape index (κ3) is 2.92. The molecule has 0 bridgehead atoms. The summed E-state index contributed by atoms with van der Waals surface area (Å²) in [4.78, 5) is 36.1. The second-order valence-corrected chi connectivity index (χ2v) is 7.22. The van der Waals surface area contributed by atoms with E-state index >= 15 is 0 Å². The standard InChI is InChI=1S/C13H20N2O4S/c1-8(5-11(17)18)6-14-12(19)9-7-20-13(2)4-3-10(16)15(9)13/h8-9H,3-7H2,1-2H3,(H,14,19)(H,17,18). The van der Waals surface area contributed by atoms with Crippen molar-refractivity contribution in [1.82, 2.24) is 10.2 Å². The zero-order valence-electron chi connectivity index (χ0n) is 11.7. The lowest BCUT2D eigenvalue weighted by Crippen LogP contribution is -2.50. The first kappa shape index (κ1) is 15.2. The largest absolute Gasteiger partial charge is 0.481 e. The molecule has 0 saturated carbocycles. The molecule has 0 aromatic heterocycles. The Bertz CT molecular complexity index is 442. The van der Waals surface area contributed by atoms with Crippen LogP contribution in [0.25, 0.3) is 0 Å². The predicted molar refractivity (Wildman–Crippen MR) is 75.2 cm³/mol. The summed E-state index contributed by atoms with van der Waals surface area (Å²) in [5, 5.41) is 11.5. The number of carbonyl (C=O) groups is 3. The van der Waals surface area contributed by atoms with Gasteiger partial charge in [0.15, 0.2) is 0 Å². The van der Waals surface area contributed by atoms with Crippen LogP contribution in [0.15, 0.2) is 0 Å². The maximum Gasteiger partial charge on any atom is 0.303 e. The highest BCUT2D eigenvalue weighted by Gasteiger charge is 2.52. The zero-order valence-corrected chi connectivity index (χ0v) is 12.5. The Labute approximate surface area is 122 Å². The van der Waals surface area contributed by atoms with Crippen LogP contribution in [0.5, 0.6) is 0 Å². The number of rotatable bonds is 5. The third-order valence-electron chi connectivity index (χ3n) is 3.90. The van der Waals surface area contributed by atoms with E-state index in [0.29, 0.717) is 18.7 Å². The first-order valence-corrected chi connectivity index (χ1v) is 7.77. The number of nitrogens with one attached hydrogen (secondary N) is 1. The van der Waals surface area contributed by atoms with Crippen LogP contribution in [-0.4, -0.2) is 51.0 Å². The van der Waals surface area contributed by atoms with Crippen molar-refractivity contribution in [2.45, 2.75) is 44.0 Å². The molecule has 112 valence electrons. The summed E-state index contributed by atoms with van der Waals surface area (Å²) < 4.78 is 0. The van der Waals surface area contributed by atoms with Gasteiger partial charge in [-0.3, -0.25) is 14.4 Å². The van der Waals surface area contributed by atoms with E-state index in [0.717, 1.165) is 6.42 Å². The summed E-state index contributed by atoms with van der Waals surface area (Å²) >= 11 is 1.65. The molecule has 3 atom stereocenters. The highest BCUT2D eigenvalue weighted by molar-refractivity contribution is 8.01. The van der Waals surface area contributed by atoms with E-state index in [2.05, 4.69) is 5.32 Å². The molecule has 0 radical (unpaired) electrons. The van der Waals surface area contributed by atoms with Crippen LogP contribution in [0, 0.1) is 5.92 Å². The first-order chi connectivity index (χ1) is 9.33. The third-order valence-corrected chi connectivity index (χ3v) is 5.40. The minimum Gasteiger partial charge on any atom is -0.481 e. The summed E-state index contributed by atoms with van der Waals surface area (Å²) in [7, 11) is 0. The van der Waals surface area contributed by atoms with Gasteiger partial charge in [-0.15, -0.1) is 11.8 Å². The minimum absolute atomic E-state index is 0.0278. The Morgan fingerprint density at radius 1 is 1.60 bits per heavy atom. The van der Waals surface area contributed by atoms with Crippen molar-refractivity contribution in [3.63, 3.8) is 0 Å². The number of amides is 2. The first-order valence-electron chi connectivity index (χ1n) is 6.79. The monoisotopic (exact) mass is 300 g/mol. The molecule has 6 nitrogen and oxygen atoms in total. The van der Waals surface area contributed by atoms with Crippen molar-refractivity contribution in [2.24, 2.45) is 5.92 Å². The van der Waals surface area contributed by atoms with Crippen molar-refractivity contribution in [1.29, 1.82) is 0 Å². The number of thioether (sulfide) groups is 1. The van der Waals surface area contributed by atoms with Gasteiger partial charge in [0.1, 0.15) is 6.04 Å². The van der Waals surface area contributed by atoms with Gasteiger partial charge in [0.25, 0.3) is 0 Å². The van der Waals surface area contributed by atoms with Crippen LogP contribution in [0.2, 0.25) is 0 Å². The van der Waals surface area contributed by atoms with Gasteiger partial charge in [0, 0.05) is 25.1 Å². The molecule has 2 rings (SSSR count). The number of fused-ring (bicyclic) bond motifs is 1. The van der Waals surface area contributed by atoms with Gasteiger partial charge in [0.2, 0.25) is 11.8 Å². The maximum atomic E-state index is 12.2. The quantitative estimate of drug-likeness (QED) is 0.779. The fraction of sp³-hybridized carbons (Fsp3) is 0.769. The molecule has 2 N–H and O–H groups in total. The normalized spacial score (nSPS) is 30.2. The topological polar surface area (TPSA) is 86.7 Å². The molecule has 3 unspecified atom stereocenters. The van der Waals surface area contributed by atoms with Gasteiger partial charge >= 0.3 is 5.97 Å². The van der Waals surface area contributed by atoms with Crippen LogP contribution < -0.4 is 5.32 Å². The molecule has 20 heavy (non-hydrogen) atoms. The summed E-state index contributed by atoms with van der Waals surface area (Å²) in [6.45, 7) is 4.11. The number of hydrogen-bond donors (Lipinski definition) is 2. The Kier molecular flexibility index (Phi) is 4.27. The molecule has 2 aliphatic rings. The van der Waals surface area contributed by atoms with Crippen LogP contribution in [0.1, 0.15) is 33.1 Å². The van der Waals surface area contributed by atoms with E-state index in [4.69, 9.17) is 5.11 Å². The van der Waals surface area contributed by atoms with Crippen molar-refractivity contribution in [2.75, 3.05) is 12.3 Å².